The molecule has 4 rings (SSSR count). The number of aryl methyl sites for hydroxylation is 1. The van der Waals surface area contributed by atoms with Crippen LogP contribution < -0.4 is 10.1 Å². The van der Waals surface area contributed by atoms with Gasteiger partial charge in [-0.3, -0.25) is 9.48 Å². The maximum atomic E-state index is 13.0. The Morgan fingerprint density at radius 2 is 1.94 bits per heavy atom. The maximum Gasteiger partial charge on any atom is 0.292 e. The normalized spacial score (nSPS) is 10.8. The van der Waals surface area contributed by atoms with E-state index in [0.717, 1.165) is 16.9 Å². The van der Waals surface area contributed by atoms with Crippen molar-refractivity contribution in [3.8, 4) is 5.75 Å². The minimum atomic E-state index is -0.476. The van der Waals surface area contributed by atoms with Gasteiger partial charge in [0.2, 0.25) is 0 Å². The first-order valence-electron chi connectivity index (χ1n) is 9.54. The van der Waals surface area contributed by atoms with Crippen LogP contribution in [-0.2, 0) is 13.2 Å². The van der Waals surface area contributed by atoms with E-state index in [4.69, 9.17) is 20.8 Å². The predicted molar refractivity (Wildman–Crippen MR) is 115 cm³/mol. The number of carbonyl (C=O) groups excluding carboxylic acids is 1. The topological polar surface area (TPSA) is 69.3 Å². The fourth-order valence-corrected chi connectivity index (χ4v) is 3.15. The molecule has 0 radical (unpaired) electrons. The molecule has 6 nitrogen and oxygen atoms in total. The Hall–Kier alpha value is -3.58. The van der Waals surface area contributed by atoms with Gasteiger partial charge >= 0.3 is 0 Å². The first-order valence-corrected chi connectivity index (χ1v) is 9.91. The molecule has 0 bridgehead atoms. The molecular formula is C23H19ClFN3O3. The number of amides is 1. The van der Waals surface area contributed by atoms with Crippen molar-refractivity contribution in [2.45, 2.75) is 20.1 Å². The SMILES string of the molecule is Cc1ccccc1OCc1ccc(C(=O)Nc2nn(Cc3ccc(F)cc3)cc2Cl)o1. The highest BCUT2D eigenvalue weighted by molar-refractivity contribution is 6.33. The van der Waals surface area contributed by atoms with Crippen LogP contribution in [0.4, 0.5) is 10.2 Å². The lowest BCUT2D eigenvalue weighted by molar-refractivity contribution is 0.0992. The quantitative estimate of drug-likeness (QED) is 0.415. The molecule has 0 spiro atoms. The largest absolute Gasteiger partial charge is 0.485 e. The Morgan fingerprint density at radius 3 is 2.71 bits per heavy atom. The summed E-state index contributed by atoms with van der Waals surface area (Å²) in [6.45, 7) is 2.54. The van der Waals surface area contributed by atoms with Crippen LogP contribution in [0.2, 0.25) is 5.02 Å². The van der Waals surface area contributed by atoms with Crippen LogP contribution in [0.15, 0.2) is 71.3 Å². The van der Waals surface area contributed by atoms with Gasteiger partial charge in [0.15, 0.2) is 11.6 Å². The van der Waals surface area contributed by atoms with Gasteiger partial charge in [0.25, 0.3) is 5.91 Å². The van der Waals surface area contributed by atoms with Gasteiger partial charge in [-0.05, 0) is 48.4 Å². The van der Waals surface area contributed by atoms with Gasteiger partial charge < -0.3 is 14.5 Å². The number of anilines is 1. The summed E-state index contributed by atoms with van der Waals surface area (Å²) < 4.78 is 25.9. The van der Waals surface area contributed by atoms with Crippen LogP contribution in [0.1, 0.15) is 27.4 Å². The third-order valence-electron chi connectivity index (χ3n) is 4.56. The molecule has 0 saturated heterocycles. The molecule has 2 aromatic carbocycles. The van der Waals surface area contributed by atoms with Crippen molar-refractivity contribution in [2.24, 2.45) is 0 Å². The molecule has 0 aliphatic carbocycles. The lowest BCUT2D eigenvalue weighted by Crippen LogP contribution is -2.12. The monoisotopic (exact) mass is 439 g/mol. The second kappa shape index (κ2) is 9.06. The van der Waals surface area contributed by atoms with E-state index in [-0.39, 0.29) is 29.0 Å². The number of ether oxygens (including phenoxy) is 1. The van der Waals surface area contributed by atoms with Crippen LogP contribution in [0.25, 0.3) is 0 Å². The van der Waals surface area contributed by atoms with Gasteiger partial charge in [0, 0.05) is 6.20 Å². The average molecular weight is 440 g/mol. The van der Waals surface area contributed by atoms with Crippen molar-refractivity contribution in [3.05, 3.63) is 100 Å². The van der Waals surface area contributed by atoms with Gasteiger partial charge in [-0.15, -0.1) is 0 Å². The lowest BCUT2D eigenvalue weighted by Gasteiger charge is -2.06. The van der Waals surface area contributed by atoms with E-state index in [1.165, 1.54) is 12.1 Å². The zero-order valence-corrected chi connectivity index (χ0v) is 17.4. The van der Waals surface area contributed by atoms with Crippen molar-refractivity contribution in [3.63, 3.8) is 0 Å². The van der Waals surface area contributed by atoms with Crippen LogP contribution in [0, 0.1) is 12.7 Å². The molecule has 1 amide bonds. The van der Waals surface area contributed by atoms with Gasteiger partial charge in [0.05, 0.1) is 6.54 Å². The molecule has 0 aliphatic heterocycles. The van der Waals surface area contributed by atoms with Crippen LogP contribution in [0.3, 0.4) is 0 Å². The molecule has 0 unspecified atom stereocenters. The summed E-state index contributed by atoms with van der Waals surface area (Å²) in [5, 5.41) is 7.20. The summed E-state index contributed by atoms with van der Waals surface area (Å²) in [6.07, 6.45) is 1.59. The first kappa shape index (κ1) is 20.7. The molecule has 158 valence electrons. The smallest absolute Gasteiger partial charge is 0.292 e. The maximum absolute atomic E-state index is 13.0. The molecule has 0 fully saturated rings. The highest BCUT2D eigenvalue weighted by Crippen LogP contribution is 2.22. The molecule has 2 heterocycles. The van der Waals surface area contributed by atoms with Crippen molar-refractivity contribution in [2.75, 3.05) is 5.32 Å². The molecule has 1 N–H and O–H groups in total. The third kappa shape index (κ3) is 5.13. The van der Waals surface area contributed by atoms with Gasteiger partial charge in [0.1, 0.15) is 29.0 Å². The van der Waals surface area contributed by atoms with E-state index in [1.54, 1.807) is 35.1 Å². The molecule has 0 atom stereocenters. The number of nitrogens with zero attached hydrogens (tertiary/aromatic N) is 2. The van der Waals surface area contributed by atoms with E-state index in [1.807, 2.05) is 31.2 Å². The van der Waals surface area contributed by atoms with E-state index in [0.29, 0.717) is 12.3 Å². The van der Waals surface area contributed by atoms with E-state index in [9.17, 15) is 9.18 Å². The average Bonchev–Trinajstić information content (AvgIpc) is 3.36. The summed E-state index contributed by atoms with van der Waals surface area (Å²) in [4.78, 5) is 12.5. The fourth-order valence-electron chi connectivity index (χ4n) is 2.95. The van der Waals surface area contributed by atoms with Gasteiger partial charge in [-0.25, -0.2) is 4.39 Å². The van der Waals surface area contributed by atoms with E-state index in [2.05, 4.69) is 10.4 Å². The zero-order valence-electron chi connectivity index (χ0n) is 16.6. The molecule has 4 aromatic rings. The van der Waals surface area contributed by atoms with Crippen LogP contribution in [0.5, 0.6) is 5.75 Å². The predicted octanol–water partition coefficient (Wildman–Crippen LogP) is 5.46. The standard InChI is InChI=1S/C23H19ClFN3O3/c1-15-4-2-3-5-20(15)30-14-18-10-11-21(31-18)23(29)26-22-19(24)13-28(27-22)12-16-6-8-17(25)9-7-16/h2-11,13H,12,14H2,1H3,(H,26,27,29). The third-order valence-corrected chi connectivity index (χ3v) is 4.83. The lowest BCUT2D eigenvalue weighted by atomic mass is 10.2. The van der Waals surface area contributed by atoms with Gasteiger partial charge in [-0.2, -0.15) is 5.10 Å². The Kier molecular flexibility index (Phi) is 6.04. The van der Waals surface area contributed by atoms with Crippen molar-refractivity contribution in [1.82, 2.24) is 9.78 Å². The Balaban J connectivity index is 1.38. The van der Waals surface area contributed by atoms with E-state index >= 15 is 0 Å². The van der Waals surface area contributed by atoms with Crippen LogP contribution >= 0.6 is 11.6 Å². The number of furan rings is 1. The Morgan fingerprint density at radius 1 is 1.16 bits per heavy atom. The number of rotatable bonds is 7. The summed E-state index contributed by atoms with van der Waals surface area (Å²) in [5.74, 6) is 0.813. The summed E-state index contributed by atoms with van der Waals surface area (Å²) in [6, 6.07) is 17.0. The summed E-state index contributed by atoms with van der Waals surface area (Å²) in [7, 11) is 0. The zero-order chi connectivity index (χ0) is 21.8. The number of halogens is 2. The number of para-hydroxylation sites is 1. The second-order valence-corrected chi connectivity index (χ2v) is 7.33. The molecule has 2 aromatic heterocycles. The molecule has 8 heteroatoms. The first-order chi connectivity index (χ1) is 15.0. The minimum Gasteiger partial charge on any atom is -0.485 e. The highest BCUT2D eigenvalue weighted by Gasteiger charge is 2.16. The van der Waals surface area contributed by atoms with Crippen molar-refractivity contribution < 1.29 is 18.3 Å². The van der Waals surface area contributed by atoms with Gasteiger partial charge in [-0.1, -0.05) is 41.9 Å². The molecular weight excluding hydrogens is 421 g/mol. The second-order valence-electron chi connectivity index (χ2n) is 6.92. The molecule has 0 aliphatic rings. The molecule has 31 heavy (non-hydrogen) atoms. The number of carbonyl (C=O) groups is 1. The number of benzene rings is 2. The minimum absolute atomic E-state index is 0.118. The number of nitrogens with one attached hydrogen (secondary N) is 1. The summed E-state index contributed by atoms with van der Waals surface area (Å²) >= 11 is 6.20. The van der Waals surface area contributed by atoms with E-state index < -0.39 is 5.91 Å². The highest BCUT2D eigenvalue weighted by atomic mass is 35.5. The Labute approximate surface area is 183 Å². The Bertz CT molecular complexity index is 1200. The summed E-state index contributed by atoms with van der Waals surface area (Å²) in [5.41, 5.74) is 1.86. The number of hydrogen-bond donors (Lipinski definition) is 1. The van der Waals surface area contributed by atoms with Crippen molar-refractivity contribution in [1.29, 1.82) is 0 Å². The molecule has 0 saturated carbocycles. The fraction of sp³-hybridized carbons (Fsp3) is 0.130. The van der Waals surface area contributed by atoms with Crippen molar-refractivity contribution >= 4 is 23.3 Å². The number of aromatic nitrogens is 2. The van der Waals surface area contributed by atoms with Crippen LogP contribution in [-0.4, -0.2) is 15.7 Å². The number of hydrogen-bond acceptors (Lipinski definition) is 4.